The van der Waals surface area contributed by atoms with Crippen LogP contribution in [0.1, 0.15) is 5.56 Å². The standard InChI is InChI=1S/C18H18N2O6/c1-24-15-4-2-3-5-16(15)26-11-17(21)20-19-10-13-6-8-14(9-7-13)25-12-18(22)23/h2-10H,11-12H2,1H3,(H,20,21)(H,22,23)/p-1/b19-10-. The minimum Gasteiger partial charge on any atom is -0.546 e. The number of carbonyl (C=O) groups excluding carboxylic acids is 2. The van der Waals surface area contributed by atoms with E-state index < -0.39 is 18.5 Å². The summed E-state index contributed by atoms with van der Waals surface area (Å²) in [6.45, 7) is -0.733. The van der Waals surface area contributed by atoms with E-state index in [0.717, 1.165) is 0 Å². The van der Waals surface area contributed by atoms with E-state index >= 15 is 0 Å². The molecule has 1 N–H and O–H groups in total. The fraction of sp³-hybridized carbons (Fsp3) is 0.167. The summed E-state index contributed by atoms with van der Waals surface area (Å²) in [7, 11) is 1.52. The first-order valence-corrected chi connectivity index (χ1v) is 7.59. The average Bonchev–Trinajstić information content (AvgIpc) is 2.66. The minimum absolute atomic E-state index is 0.215. The summed E-state index contributed by atoms with van der Waals surface area (Å²) in [4.78, 5) is 22.0. The highest BCUT2D eigenvalue weighted by Crippen LogP contribution is 2.25. The van der Waals surface area contributed by atoms with Gasteiger partial charge in [-0.05, 0) is 42.0 Å². The topological polar surface area (TPSA) is 109 Å². The van der Waals surface area contributed by atoms with Crippen molar-refractivity contribution in [1.82, 2.24) is 5.43 Å². The van der Waals surface area contributed by atoms with E-state index in [0.29, 0.717) is 22.8 Å². The molecular formula is C18H17N2O6-. The molecule has 2 aromatic rings. The number of carbonyl (C=O) groups is 2. The van der Waals surface area contributed by atoms with Gasteiger partial charge in [-0.3, -0.25) is 4.79 Å². The molecule has 1 amide bonds. The zero-order valence-corrected chi connectivity index (χ0v) is 14.0. The van der Waals surface area contributed by atoms with Crippen LogP contribution >= 0.6 is 0 Å². The second-order valence-corrected chi connectivity index (χ2v) is 4.96. The van der Waals surface area contributed by atoms with Gasteiger partial charge in [-0.1, -0.05) is 12.1 Å². The number of benzene rings is 2. The molecule has 0 spiro atoms. The van der Waals surface area contributed by atoms with Crippen LogP contribution in [0.2, 0.25) is 0 Å². The fourth-order valence-corrected chi connectivity index (χ4v) is 1.88. The van der Waals surface area contributed by atoms with Gasteiger partial charge in [-0.2, -0.15) is 5.10 Å². The van der Waals surface area contributed by atoms with Crippen LogP contribution in [-0.2, 0) is 9.59 Å². The summed E-state index contributed by atoms with van der Waals surface area (Å²) in [5, 5.41) is 14.1. The Labute approximate surface area is 150 Å². The Kier molecular flexibility index (Phi) is 6.99. The number of ether oxygens (including phenoxy) is 3. The van der Waals surface area contributed by atoms with Gasteiger partial charge in [0.1, 0.15) is 12.4 Å². The number of nitrogens with zero attached hydrogens (tertiary/aromatic N) is 1. The van der Waals surface area contributed by atoms with Gasteiger partial charge in [0.05, 0.1) is 19.3 Å². The molecule has 0 fully saturated rings. The predicted molar refractivity (Wildman–Crippen MR) is 91.2 cm³/mol. The first-order valence-electron chi connectivity index (χ1n) is 7.59. The summed E-state index contributed by atoms with van der Waals surface area (Å²) >= 11 is 0. The Morgan fingerprint density at radius 1 is 1.04 bits per heavy atom. The molecule has 0 aliphatic heterocycles. The summed E-state index contributed by atoms with van der Waals surface area (Å²) in [5.74, 6) is -0.346. The molecule has 0 aliphatic rings. The molecule has 0 unspecified atom stereocenters. The normalized spacial score (nSPS) is 10.3. The Hall–Kier alpha value is -3.55. The molecule has 8 nitrogen and oxygen atoms in total. The zero-order chi connectivity index (χ0) is 18.8. The van der Waals surface area contributed by atoms with E-state index in [4.69, 9.17) is 14.2 Å². The van der Waals surface area contributed by atoms with Gasteiger partial charge in [0.2, 0.25) is 0 Å². The van der Waals surface area contributed by atoms with Gasteiger partial charge in [-0.15, -0.1) is 0 Å². The van der Waals surface area contributed by atoms with Crippen LogP contribution in [0.3, 0.4) is 0 Å². The number of rotatable bonds is 9. The molecule has 0 saturated carbocycles. The lowest BCUT2D eigenvalue weighted by Gasteiger charge is -2.09. The molecule has 8 heteroatoms. The number of para-hydroxylation sites is 2. The third-order valence-corrected chi connectivity index (χ3v) is 3.07. The van der Waals surface area contributed by atoms with Crippen molar-refractivity contribution in [3.8, 4) is 17.2 Å². The maximum atomic E-state index is 11.7. The summed E-state index contributed by atoms with van der Waals surface area (Å²) < 4.78 is 15.5. The summed E-state index contributed by atoms with van der Waals surface area (Å²) in [5.41, 5.74) is 3.03. The van der Waals surface area contributed by atoms with Crippen molar-refractivity contribution in [2.45, 2.75) is 0 Å². The van der Waals surface area contributed by atoms with E-state index in [9.17, 15) is 14.7 Å². The number of aliphatic carboxylic acids is 1. The van der Waals surface area contributed by atoms with Crippen LogP contribution in [-0.4, -0.2) is 38.4 Å². The van der Waals surface area contributed by atoms with E-state index in [1.165, 1.54) is 13.3 Å². The van der Waals surface area contributed by atoms with Crippen LogP contribution in [0.4, 0.5) is 0 Å². The van der Waals surface area contributed by atoms with Crippen molar-refractivity contribution >= 4 is 18.1 Å². The van der Waals surface area contributed by atoms with Gasteiger partial charge in [0.25, 0.3) is 5.91 Å². The van der Waals surface area contributed by atoms with Crippen molar-refractivity contribution in [2.24, 2.45) is 5.10 Å². The second kappa shape index (κ2) is 9.67. The second-order valence-electron chi connectivity index (χ2n) is 4.96. The number of methoxy groups -OCH3 is 1. The number of hydrazone groups is 1. The molecule has 136 valence electrons. The van der Waals surface area contributed by atoms with E-state index in [-0.39, 0.29) is 6.61 Å². The molecule has 2 rings (SSSR count). The number of carboxylic acids is 1. The minimum atomic E-state index is -1.30. The third kappa shape index (κ3) is 6.16. The van der Waals surface area contributed by atoms with Crippen LogP contribution in [0.25, 0.3) is 0 Å². The summed E-state index contributed by atoms with van der Waals surface area (Å²) in [6, 6.07) is 13.5. The predicted octanol–water partition coefficient (Wildman–Crippen LogP) is 0.353. The zero-order valence-electron chi connectivity index (χ0n) is 14.0. The monoisotopic (exact) mass is 357 g/mol. The molecule has 2 aromatic carbocycles. The lowest BCUT2D eigenvalue weighted by Crippen LogP contribution is -2.28. The summed E-state index contributed by atoms with van der Waals surface area (Å²) in [6.07, 6.45) is 1.43. The maximum Gasteiger partial charge on any atom is 0.277 e. The van der Waals surface area contributed by atoms with Crippen molar-refractivity contribution in [3.63, 3.8) is 0 Å². The van der Waals surface area contributed by atoms with Crippen molar-refractivity contribution < 1.29 is 28.9 Å². The molecule has 0 aliphatic carbocycles. The molecule has 0 atom stereocenters. The van der Waals surface area contributed by atoms with Gasteiger partial charge in [-0.25, -0.2) is 5.43 Å². The number of carboxylic acid groups (broad SMARTS) is 1. The Bertz CT molecular complexity index is 774. The van der Waals surface area contributed by atoms with E-state index in [1.807, 2.05) is 0 Å². The highest BCUT2D eigenvalue weighted by Gasteiger charge is 2.05. The molecule has 0 saturated heterocycles. The number of hydrogen-bond donors (Lipinski definition) is 1. The molecule has 26 heavy (non-hydrogen) atoms. The van der Waals surface area contributed by atoms with Crippen molar-refractivity contribution in [3.05, 3.63) is 54.1 Å². The highest BCUT2D eigenvalue weighted by molar-refractivity contribution is 5.83. The van der Waals surface area contributed by atoms with Crippen LogP contribution in [0.5, 0.6) is 17.2 Å². The number of amides is 1. The van der Waals surface area contributed by atoms with Gasteiger partial charge in [0, 0.05) is 0 Å². The largest absolute Gasteiger partial charge is 0.546 e. The number of nitrogens with one attached hydrogen (secondary N) is 1. The van der Waals surface area contributed by atoms with Crippen molar-refractivity contribution in [2.75, 3.05) is 20.3 Å². The number of hydrogen-bond acceptors (Lipinski definition) is 7. The van der Waals surface area contributed by atoms with Crippen molar-refractivity contribution in [1.29, 1.82) is 0 Å². The van der Waals surface area contributed by atoms with E-state index in [1.54, 1.807) is 48.5 Å². The van der Waals surface area contributed by atoms with Gasteiger partial charge in [0.15, 0.2) is 18.1 Å². The Morgan fingerprint density at radius 2 is 1.73 bits per heavy atom. The Morgan fingerprint density at radius 3 is 2.38 bits per heavy atom. The first kappa shape index (κ1) is 18.8. The quantitative estimate of drug-likeness (QED) is 0.512. The smallest absolute Gasteiger partial charge is 0.277 e. The van der Waals surface area contributed by atoms with E-state index in [2.05, 4.69) is 10.5 Å². The first-order chi connectivity index (χ1) is 12.6. The SMILES string of the molecule is COc1ccccc1OCC(=O)N/N=C\c1ccc(OCC(=O)[O-])cc1. The lowest BCUT2D eigenvalue weighted by atomic mass is 10.2. The lowest BCUT2D eigenvalue weighted by molar-refractivity contribution is -0.307. The van der Waals surface area contributed by atoms with Crippen LogP contribution in [0, 0.1) is 0 Å². The molecule has 0 heterocycles. The molecular weight excluding hydrogens is 340 g/mol. The third-order valence-electron chi connectivity index (χ3n) is 3.07. The highest BCUT2D eigenvalue weighted by atomic mass is 16.5. The van der Waals surface area contributed by atoms with Gasteiger partial charge >= 0.3 is 0 Å². The van der Waals surface area contributed by atoms with Crippen LogP contribution in [0.15, 0.2) is 53.6 Å². The fourth-order valence-electron chi connectivity index (χ4n) is 1.88. The van der Waals surface area contributed by atoms with Crippen LogP contribution < -0.4 is 24.7 Å². The maximum absolute atomic E-state index is 11.7. The molecule has 0 bridgehead atoms. The Balaban J connectivity index is 1.78. The van der Waals surface area contributed by atoms with Gasteiger partial charge < -0.3 is 24.1 Å². The average molecular weight is 357 g/mol. The molecule has 0 radical (unpaired) electrons. The molecule has 0 aromatic heterocycles.